The van der Waals surface area contributed by atoms with Crippen molar-refractivity contribution in [2.75, 3.05) is 0 Å². The highest BCUT2D eigenvalue weighted by Crippen LogP contribution is 2.17. The van der Waals surface area contributed by atoms with Crippen molar-refractivity contribution in [1.82, 2.24) is 10.2 Å². The smallest absolute Gasteiger partial charge is 0.434 e. The molecular formula is C9H7ClN2O3. The second kappa shape index (κ2) is 4.18. The number of rotatable bonds is 3. The quantitative estimate of drug-likeness (QED) is 0.863. The van der Waals surface area contributed by atoms with Gasteiger partial charge in [-0.1, -0.05) is 17.7 Å². The summed E-state index contributed by atoms with van der Waals surface area (Å²) in [5.41, 5.74) is 0. The maximum Gasteiger partial charge on any atom is 0.434 e. The van der Waals surface area contributed by atoms with E-state index in [1.165, 1.54) is 0 Å². The van der Waals surface area contributed by atoms with Gasteiger partial charge in [0.25, 0.3) is 5.89 Å². The Morgan fingerprint density at radius 1 is 1.53 bits per heavy atom. The number of ether oxygens (including phenoxy) is 1. The fourth-order valence-corrected chi connectivity index (χ4v) is 1.20. The molecule has 78 valence electrons. The molecule has 6 heteroatoms. The van der Waals surface area contributed by atoms with Crippen LogP contribution in [0, 0.1) is 0 Å². The van der Waals surface area contributed by atoms with Crippen molar-refractivity contribution in [3.8, 4) is 5.75 Å². The Kier molecular flexibility index (Phi) is 2.73. The van der Waals surface area contributed by atoms with Crippen LogP contribution in [0.25, 0.3) is 0 Å². The highest BCUT2D eigenvalue weighted by molar-refractivity contribution is 6.30. The molecular weight excluding hydrogens is 220 g/mol. The first-order valence-electron chi connectivity index (χ1n) is 4.17. The summed E-state index contributed by atoms with van der Waals surface area (Å²) in [7, 11) is 0. The number of aromatic amines is 1. The number of nitrogens with one attached hydrogen (secondary N) is 1. The average molecular weight is 227 g/mol. The molecule has 0 unspecified atom stereocenters. The molecule has 5 nitrogen and oxygen atoms in total. The van der Waals surface area contributed by atoms with Crippen molar-refractivity contribution in [3.63, 3.8) is 0 Å². The first-order chi connectivity index (χ1) is 7.24. The lowest BCUT2D eigenvalue weighted by Gasteiger charge is -2.02. The maximum absolute atomic E-state index is 10.6. The molecule has 0 saturated heterocycles. The highest BCUT2D eigenvalue weighted by atomic mass is 35.5. The third kappa shape index (κ3) is 2.60. The Hall–Kier alpha value is -1.75. The van der Waals surface area contributed by atoms with Crippen LogP contribution in [0.4, 0.5) is 0 Å². The monoisotopic (exact) mass is 226 g/mol. The Balaban J connectivity index is 2.02. The minimum atomic E-state index is -0.598. The lowest BCUT2D eigenvalue weighted by atomic mass is 10.3. The third-order valence-electron chi connectivity index (χ3n) is 1.64. The van der Waals surface area contributed by atoms with Gasteiger partial charge in [-0.25, -0.2) is 9.89 Å². The predicted octanol–water partition coefficient (Wildman–Crippen LogP) is 1.60. The van der Waals surface area contributed by atoms with E-state index in [1.807, 2.05) is 0 Å². The number of halogens is 1. The van der Waals surface area contributed by atoms with Gasteiger partial charge in [-0.2, -0.15) is 0 Å². The second-order valence-corrected chi connectivity index (χ2v) is 3.19. The molecule has 0 bridgehead atoms. The first kappa shape index (κ1) is 9.79. The zero-order valence-corrected chi connectivity index (χ0v) is 8.32. The van der Waals surface area contributed by atoms with Crippen LogP contribution in [-0.4, -0.2) is 10.2 Å². The molecule has 1 aromatic heterocycles. The third-order valence-corrected chi connectivity index (χ3v) is 1.88. The first-order valence-corrected chi connectivity index (χ1v) is 4.54. The molecule has 0 aliphatic rings. The van der Waals surface area contributed by atoms with Gasteiger partial charge in [-0.05, 0) is 18.2 Å². The number of hydrogen-bond acceptors (Lipinski definition) is 4. The number of nitrogens with zero attached hydrogens (tertiary/aromatic N) is 1. The molecule has 0 amide bonds. The fourth-order valence-electron chi connectivity index (χ4n) is 1.02. The second-order valence-electron chi connectivity index (χ2n) is 2.75. The van der Waals surface area contributed by atoms with Gasteiger partial charge in [-0.3, -0.25) is 0 Å². The molecule has 0 atom stereocenters. The van der Waals surface area contributed by atoms with E-state index in [2.05, 4.69) is 14.6 Å². The van der Waals surface area contributed by atoms with Crippen molar-refractivity contribution in [3.05, 3.63) is 45.7 Å². The van der Waals surface area contributed by atoms with E-state index < -0.39 is 5.76 Å². The summed E-state index contributed by atoms with van der Waals surface area (Å²) >= 11 is 5.76. The zero-order valence-electron chi connectivity index (χ0n) is 7.57. The summed E-state index contributed by atoms with van der Waals surface area (Å²) in [6, 6.07) is 6.91. The minimum absolute atomic E-state index is 0.0824. The molecule has 2 rings (SSSR count). The molecule has 0 radical (unpaired) electrons. The average Bonchev–Trinajstić information content (AvgIpc) is 2.62. The summed E-state index contributed by atoms with van der Waals surface area (Å²) in [6.07, 6.45) is 0. The van der Waals surface area contributed by atoms with Crippen LogP contribution >= 0.6 is 11.6 Å². The van der Waals surface area contributed by atoms with Crippen LogP contribution in [0.15, 0.2) is 33.5 Å². The summed E-state index contributed by atoms with van der Waals surface area (Å²) < 4.78 is 9.94. The molecule has 1 N–H and O–H groups in total. The van der Waals surface area contributed by atoms with Crippen LogP contribution < -0.4 is 10.5 Å². The number of hydrogen-bond donors (Lipinski definition) is 1. The topological polar surface area (TPSA) is 68.1 Å². The molecule has 15 heavy (non-hydrogen) atoms. The van der Waals surface area contributed by atoms with E-state index in [4.69, 9.17) is 16.3 Å². The van der Waals surface area contributed by atoms with E-state index in [9.17, 15) is 4.79 Å². The minimum Gasteiger partial charge on any atom is -0.484 e. The molecule has 0 saturated carbocycles. The van der Waals surface area contributed by atoms with Gasteiger partial charge in [0, 0.05) is 5.02 Å². The molecule has 0 aliphatic carbocycles. The van der Waals surface area contributed by atoms with Crippen molar-refractivity contribution in [1.29, 1.82) is 0 Å². The Morgan fingerprint density at radius 2 is 2.40 bits per heavy atom. The summed E-state index contributed by atoms with van der Waals surface area (Å²) in [4.78, 5) is 10.6. The number of H-pyrrole nitrogens is 1. The van der Waals surface area contributed by atoms with Crippen molar-refractivity contribution < 1.29 is 9.15 Å². The van der Waals surface area contributed by atoms with Crippen LogP contribution in [0.3, 0.4) is 0 Å². The molecule has 2 aromatic rings. The lowest BCUT2D eigenvalue weighted by Crippen LogP contribution is -1.96. The normalized spacial score (nSPS) is 10.2. The van der Waals surface area contributed by atoms with Gasteiger partial charge in [0.05, 0.1) is 0 Å². The highest BCUT2D eigenvalue weighted by Gasteiger charge is 2.02. The SMILES string of the molecule is O=c1[nH]nc(COc2cccc(Cl)c2)o1. The molecule has 0 fully saturated rings. The van der Waals surface area contributed by atoms with E-state index in [-0.39, 0.29) is 12.5 Å². The van der Waals surface area contributed by atoms with Gasteiger partial charge in [0.1, 0.15) is 5.75 Å². The predicted molar refractivity (Wildman–Crippen MR) is 52.9 cm³/mol. The van der Waals surface area contributed by atoms with Gasteiger partial charge < -0.3 is 9.15 Å². The van der Waals surface area contributed by atoms with Gasteiger partial charge >= 0.3 is 5.76 Å². The van der Waals surface area contributed by atoms with Gasteiger partial charge in [-0.15, -0.1) is 5.10 Å². The van der Waals surface area contributed by atoms with Gasteiger partial charge in [0.15, 0.2) is 6.61 Å². The van der Waals surface area contributed by atoms with Crippen LogP contribution in [-0.2, 0) is 6.61 Å². The van der Waals surface area contributed by atoms with E-state index in [0.29, 0.717) is 10.8 Å². The summed E-state index contributed by atoms with van der Waals surface area (Å²) in [5, 5.41) is 6.31. The molecule has 1 heterocycles. The lowest BCUT2D eigenvalue weighted by molar-refractivity contribution is 0.259. The largest absolute Gasteiger partial charge is 0.484 e. The molecule has 0 spiro atoms. The maximum atomic E-state index is 10.6. The Morgan fingerprint density at radius 3 is 3.07 bits per heavy atom. The summed E-state index contributed by atoms with van der Waals surface area (Å²) in [5.74, 6) is 0.188. The van der Waals surface area contributed by atoms with Crippen molar-refractivity contribution in [2.45, 2.75) is 6.61 Å². The fraction of sp³-hybridized carbons (Fsp3) is 0.111. The van der Waals surface area contributed by atoms with E-state index in [1.54, 1.807) is 24.3 Å². The standard InChI is InChI=1S/C9H7ClN2O3/c10-6-2-1-3-7(4-6)14-5-8-11-12-9(13)15-8/h1-4H,5H2,(H,12,13). The van der Waals surface area contributed by atoms with E-state index >= 15 is 0 Å². The number of aromatic nitrogens is 2. The van der Waals surface area contributed by atoms with Crippen molar-refractivity contribution >= 4 is 11.6 Å². The Bertz CT molecular complexity index is 506. The Labute approximate surface area is 89.6 Å². The van der Waals surface area contributed by atoms with Crippen molar-refractivity contribution in [2.24, 2.45) is 0 Å². The zero-order chi connectivity index (χ0) is 10.7. The molecule has 1 aromatic carbocycles. The molecule has 0 aliphatic heterocycles. The van der Waals surface area contributed by atoms with Crippen LogP contribution in [0.5, 0.6) is 5.75 Å². The van der Waals surface area contributed by atoms with Gasteiger partial charge in [0.2, 0.25) is 0 Å². The van der Waals surface area contributed by atoms with E-state index in [0.717, 1.165) is 0 Å². The van der Waals surface area contributed by atoms with Crippen LogP contribution in [0.2, 0.25) is 5.02 Å². The van der Waals surface area contributed by atoms with Crippen LogP contribution in [0.1, 0.15) is 5.89 Å². The summed E-state index contributed by atoms with van der Waals surface area (Å²) in [6.45, 7) is 0.0824. The number of benzene rings is 1.